The molecule has 3 rings (SSSR count). The van der Waals surface area contributed by atoms with Crippen LogP contribution in [-0.4, -0.2) is 55.8 Å². The summed E-state index contributed by atoms with van der Waals surface area (Å²) in [5, 5.41) is 17.2. The van der Waals surface area contributed by atoms with E-state index in [2.05, 4.69) is 45.9 Å². The Morgan fingerprint density at radius 3 is 2.50 bits per heavy atom. The van der Waals surface area contributed by atoms with Gasteiger partial charge in [-0.1, -0.05) is 42.5 Å². The van der Waals surface area contributed by atoms with Crippen LogP contribution in [0.15, 0.2) is 59.6 Å². The van der Waals surface area contributed by atoms with E-state index < -0.39 is 6.10 Å². The first-order valence-electron chi connectivity index (χ1n) is 10.8. The molecule has 2 unspecified atom stereocenters. The highest BCUT2D eigenvalue weighted by molar-refractivity contribution is 5.79. The van der Waals surface area contributed by atoms with Gasteiger partial charge >= 0.3 is 0 Å². The SMILES string of the molecule is CCNC(=NCC(c1ccccc1)N1CCCC1)NCC(O)c1cccc(OC)c1. The normalized spacial score (nSPS) is 16.8. The molecule has 0 amide bonds. The molecule has 1 aliphatic heterocycles. The second kappa shape index (κ2) is 11.6. The molecular weight excluding hydrogens is 376 g/mol. The highest BCUT2D eigenvalue weighted by atomic mass is 16.5. The maximum absolute atomic E-state index is 10.6. The largest absolute Gasteiger partial charge is 0.497 e. The number of hydrogen-bond donors (Lipinski definition) is 3. The van der Waals surface area contributed by atoms with Crippen molar-refractivity contribution < 1.29 is 9.84 Å². The van der Waals surface area contributed by atoms with Crippen molar-refractivity contribution in [3.8, 4) is 5.75 Å². The van der Waals surface area contributed by atoms with Crippen molar-refractivity contribution in [2.24, 2.45) is 4.99 Å². The number of nitrogens with zero attached hydrogens (tertiary/aromatic N) is 2. The molecule has 0 spiro atoms. The summed E-state index contributed by atoms with van der Waals surface area (Å²) in [6.07, 6.45) is 1.85. The Kier molecular flexibility index (Phi) is 8.53. The van der Waals surface area contributed by atoms with Crippen LogP contribution < -0.4 is 15.4 Å². The fourth-order valence-electron chi connectivity index (χ4n) is 3.84. The Labute approximate surface area is 180 Å². The molecule has 1 aliphatic rings. The van der Waals surface area contributed by atoms with E-state index in [-0.39, 0.29) is 6.04 Å². The number of guanidine groups is 1. The molecular formula is C24H34N4O2. The van der Waals surface area contributed by atoms with Gasteiger partial charge in [-0.05, 0) is 56.1 Å². The zero-order valence-corrected chi connectivity index (χ0v) is 18.1. The van der Waals surface area contributed by atoms with Crippen LogP contribution in [0.1, 0.15) is 43.0 Å². The van der Waals surface area contributed by atoms with Crippen molar-refractivity contribution in [1.29, 1.82) is 0 Å². The van der Waals surface area contributed by atoms with Crippen LogP contribution in [0.2, 0.25) is 0 Å². The maximum atomic E-state index is 10.6. The number of aliphatic imine (C=N–C) groups is 1. The van der Waals surface area contributed by atoms with Gasteiger partial charge in [0.05, 0.1) is 25.8 Å². The first-order valence-corrected chi connectivity index (χ1v) is 10.8. The Balaban J connectivity index is 1.66. The molecule has 1 heterocycles. The smallest absolute Gasteiger partial charge is 0.191 e. The van der Waals surface area contributed by atoms with Crippen molar-refractivity contribution in [2.45, 2.75) is 31.9 Å². The van der Waals surface area contributed by atoms with Gasteiger partial charge in [-0.3, -0.25) is 9.89 Å². The first-order chi connectivity index (χ1) is 14.7. The number of benzene rings is 2. The standard InChI is InChI=1S/C24H34N4O2/c1-3-25-24(27-18-23(29)20-12-9-13-21(16-20)30-2)26-17-22(28-14-7-8-15-28)19-10-5-4-6-11-19/h4-6,9-13,16,22-23,29H,3,7-8,14-15,17-18H2,1-2H3,(H2,25,26,27). The average Bonchev–Trinajstić information content (AvgIpc) is 3.32. The monoisotopic (exact) mass is 410 g/mol. The quantitative estimate of drug-likeness (QED) is 0.438. The minimum absolute atomic E-state index is 0.271. The summed E-state index contributed by atoms with van der Waals surface area (Å²) < 4.78 is 5.25. The fourth-order valence-corrected chi connectivity index (χ4v) is 3.84. The fraction of sp³-hybridized carbons (Fsp3) is 0.458. The molecule has 3 N–H and O–H groups in total. The van der Waals surface area contributed by atoms with Gasteiger partial charge in [-0.2, -0.15) is 0 Å². The molecule has 0 bridgehead atoms. The summed E-state index contributed by atoms with van der Waals surface area (Å²) in [6.45, 7) is 6.10. The molecule has 2 aromatic rings. The van der Waals surface area contributed by atoms with Gasteiger partial charge in [-0.15, -0.1) is 0 Å². The van der Waals surface area contributed by atoms with E-state index in [0.29, 0.717) is 13.1 Å². The molecule has 2 atom stereocenters. The van der Waals surface area contributed by atoms with Crippen LogP contribution in [0.5, 0.6) is 5.75 Å². The van der Waals surface area contributed by atoms with Gasteiger partial charge in [-0.25, -0.2) is 0 Å². The van der Waals surface area contributed by atoms with Crippen LogP contribution in [0.4, 0.5) is 0 Å². The highest BCUT2D eigenvalue weighted by Crippen LogP contribution is 2.25. The van der Waals surface area contributed by atoms with Gasteiger partial charge in [0.2, 0.25) is 0 Å². The lowest BCUT2D eigenvalue weighted by Gasteiger charge is -2.27. The molecule has 2 aromatic carbocycles. The Hall–Kier alpha value is -2.57. The van der Waals surface area contributed by atoms with Crippen molar-refractivity contribution in [1.82, 2.24) is 15.5 Å². The van der Waals surface area contributed by atoms with Gasteiger partial charge in [0.15, 0.2) is 5.96 Å². The van der Waals surface area contributed by atoms with E-state index in [1.54, 1.807) is 7.11 Å². The number of nitrogens with one attached hydrogen (secondary N) is 2. The number of aliphatic hydroxyl groups excluding tert-OH is 1. The summed E-state index contributed by atoms with van der Waals surface area (Å²) in [5.74, 6) is 1.46. The predicted octanol–water partition coefficient (Wildman–Crippen LogP) is 3.12. The van der Waals surface area contributed by atoms with Crippen molar-refractivity contribution in [2.75, 3.05) is 39.8 Å². The van der Waals surface area contributed by atoms with Gasteiger partial charge in [0, 0.05) is 13.1 Å². The zero-order chi connectivity index (χ0) is 21.2. The van der Waals surface area contributed by atoms with Crippen LogP contribution in [0.25, 0.3) is 0 Å². The number of hydrogen-bond acceptors (Lipinski definition) is 4. The minimum atomic E-state index is -0.646. The number of aliphatic hydroxyl groups is 1. The van der Waals surface area contributed by atoms with E-state index in [0.717, 1.165) is 36.9 Å². The highest BCUT2D eigenvalue weighted by Gasteiger charge is 2.23. The lowest BCUT2D eigenvalue weighted by Crippen LogP contribution is -2.40. The molecule has 0 aliphatic carbocycles. The molecule has 0 saturated carbocycles. The first kappa shape index (κ1) is 22.1. The number of likely N-dealkylation sites (tertiary alicyclic amines) is 1. The van der Waals surface area contributed by atoms with Crippen molar-refractivity contribution in [3.05, 3.63) is 65.7 Å². The Morgan fingerprint density at radius 2 is 1.80 bits per heavy atom. The molecule has 1 saturated heterocycles. The summed E-state index contributed by atoms with van der Waals surface area (Å²) in [7, 11) is 1.63. The van der Waals surface area contributed by atoms with Gasteiger partial charge in [0.1, 0.15) is 5.75 Å². The summed E-state index contributed by atoms with van der Waals surface area (Å²) in [6, 6.07) is 18.4. The van der Waals surface area contributed by atoms with E-state index in [4.69, 9.17) is 9.73 Å². The molecule has 1 fully saturated rings. The van der Waals surface area contributed by atoms with Crippen molar-refractivity contribution >= 4 is 5.96 Å². The Morgan fingerprint density at radius 1 is 1.07 bits per heavy atom. The lowest BCUT2D eigenvalue weighted by molar-refractivity contribution is 0.180. The van der Waals surface area contributed by atoms with Crippen LogP contribution in [0.3, 0.4) is 0 Å². The minimum Gasteiger partial charge on any atom is -0.497 e. The molecule has 162 valence electrons. The number of ether oxygens (including phenoxy) is 1. The van der Waals surface area contributed by atoms with E-state index in [1.807, 2.05) is 31.2 Å². The summed E-state index contributed by atoms with van der Waals surface area (Å²) in [5.41, 5.74) is 2.12. The second-order valence-corrected chi connectivity index (χ2v) is 7.56. The molecule has 0 radical (unpaired) electrons. The molecule has 6 heteroatoms. The van der Waals surface area contributed by atoms with E-state index in [1.165, 1.54) is 18.4 Å². The third-order valence-electron chi connectivity index (χ3n) is 5.47. The number of methoxy groups -OCH3 is 1. The predicted molar refractivity (Wildman–Crippen MR) is 122 cm³/mol. The average molecular weight is 411 g/mol. The van der Waals surface area contributed by atoms with Gasteiger partial charge in [0.25, 0.3) is 0 Å². The van der Waals surface area contributed by atoms with E-state index >= 15 is 0 Å². The van der Waals surface area contributed by atoms with Crippen LogP contribution in [-0.2, 0) is 0 Å². The van der Waals surface area contributed by atoms with E-state index in [9.17, 15) is 5.11 Å². The summed E-state index contributed by atoms with van der Waals surface area (Å²) >= 11 is 0. The molecule has 0 aromatic heterocycles. The Bertz CT molecular complexity index is 791. The number of rotatable bonds is 9. The second-order valence-electron chi connectivity index (χ2n) is 7.56. The topological polar surface area (TPSA) is 69.1 Å². The van der Waals surface area contributed by atoms with Crippen LogP contribution in [0, 0.1) is 0 Å². The zero-order valence-electron chi connectivity index (χ0n) is 18.1. The van der Waals surface area contributed by atoms with Gasteiger partial charge < -0.3 is 20.5 Å². The maximum Gasteiger partial charge on any atom is 0.191 e. The summed E-state index contributed by atoms with van der Waals surface area (Å²) in [4.78, 5) is 7.37. The molecule has 6 nitrogen and oxygen atoms in total. The van der Waals surface area contributed by atoms with Crippen molar-refractivity contribution in [3.63, 3.8) is 0 Å². The third kappa shape index (κ3) is 6.21. The van der Waals surface area contributed by atoms with Crippen LogP contribution >= 0.6 is 0 Å². The lowest BCUT2D eigenvalue weighted by atomic mass is 10.1. The molecule has 30 heavy (non-hydrogen) atoms. The third-order valence-corrected chi connectivity index (χ3v) is 5.47.